The van der Waals surface area contributed by atoms with Gasteiger partial charge in [0.25, 0.3) is 5.56 Å². The number of methoxy groups -OCH3 is 1. The molecule has 7 nitrogen and oxygen atoms in total. The quantitative estimate of drug-likeness (QED) is 0.255. The van der Waals surface area contributed by atoms with E-state index in [1.165, 1.54) is 11.3 Å². The molecular formula is C31H27BrN2O5S. The number of nitrogens with zero attached hydrogens (tertiary/aromatic N) is 2. The van der Waals surface area contributed by atoms with Gasteiger partial charge in [0.1, 0.15) is 18.1 Å². The van der Waals surface area contributed by atoms with Gasteiger partial charge in [0.2, 0.25) is 0 Å². The molecule has 0 saturated carbocycles. The summed E-state index contributed by atoms with van der Waals surface area (Å²) in [5, 5.41) is 0. The molecule has 204 valence electrons. The van der Waals surface area contributed by atoms with Crippen LogP contribution in [-0.2, 0) is 16.1 Å². The number of hydrogen-bond donors (Lipinski definition) is 0. The molecule has 2 heterocycles. The number of allylic oxidation sites excluding steroid dienone is 1. The third-order valence-corrected chi connectivity index (χ3v) is 8.02. The van der Waals surface area contributed by atoms with Crippen molar-refractivity contribution in [2.45, 2.75) is 26.5 Å². The lowest BCUT2D eigenvalue weighted by atomic mass is 9.96. The van der Waals surface area contributed by atoms with Crippen LogP contribution in [0.1, 0.15) is 36.6 Å². The monoisotopic (exact) mass is 618 g/mol. The lowest BCUT2D eigenvalue weighted by Crippen LogP contribution is -2.39. The highest BCUT2D eigenvalue weighted by atomic mass is 79.9. The van der Waals surface area contributed by atoms with Crippen molar-refractivity contribution in [1.29, 1.82) is 0 Å². The van der Waals surface area contributed by atoms with Crippen molar-refractivity contribution >= 4 is 39.3 Å². The van der Waals surface area contributed by atoms with Gasteiger partial charge in [-0.15, -0.1) is 0 Å². The highest BCUT2D eigenvalue weighted by Crippen LogP contribution is 2.35. The van der Waals surface area contributed by atoms with Gasteiger partial charge in [-0.2, -0.15) is 0 Å². The number of hydrogen-bond acceptors (Lipinski definition) is 7. The Morgan fingerprint density at radius 2 is 1.90 bits per heavy atom. The third kappa shape index (κ3) is 5.66. The maximum atomic E-state index is 13.9. The predicted octanol–water partition coefficient (Wildman–Crippen LogP) is 5.15. The number of carbonyl (C=O) groups excluding carboxylic acids is 1. The summed E-state index contributed by atoms with van der Waals surface area (Å²) in [5.74, 6) is 0.842. The number of aromatic nitrogens is 1. The van der Waals surface area contributed by atoms with Crippen molar-refractivity contribution in [3.63, 3.8) is 0 Å². The van der Waals surface area contributed by atoms with E-state index in [9.17, 15) is 9.59 Å². The molecule has 0 unspecified atom stereocenters. The zero-order valence-electron chi connectivity index (χ0n) is 22.2. The summed E-state index contributed by atoms with van der Waals surface area (Å²) in [6.07, 6.45) is 1.82. The summed E-state index contributed by atoms with van der Waals surface area (Å²) in [5.41, 5.74) is 3.22. The minimum atomic E-state index is -0.708. The molecule has 0 aliphatic carbocycles. The first kappa shape index (κ1) is 27.6. The second kappa shape index (κ2) is 12.1. The van der Waals surface area contributed by atoms with Gasteiger partial charge in [-0.05, 0) is 76.8 Å². The standard InChI is InChI=1S/C31H27BrN2O5S/c1-4-38-30(36)27-19(2)33-31-34(28(27)22-13-14-25(37-3)24(32)17-22)29(35)26(40-31)16-21-11-8-12-23(15-21)39-18-20-9-6-5-7-10-20/h5-17,28H,4,18H2,1-3H3/b26-16+/t28-/m0/s1. The molecule has 0 radical (unpaired) electrons. The first-order chi connectivity index (χ1) is 19.4. The van der Waals surface area contributed by atoms with Gasteiger partial charge in [-0.3, -0.25) is 9.36 Å². The third-order valence-electron chi connectivity index (χ3n) is 6.41. The van der Waals surface area contributed by atoms with Crippen LogP contribution in [0.15, 0.2) is 98.3 Å². The molecule has 5 rings (SSSR count). The molecule has 3 aromatic carbocycles. The van der Waals surface area contributed by atoms with Gasteiger partial charge in [-0.1, -0.05) is 59.9 Å². The number of benzene rings is 3. The Balaban J connectivity index is 1.57. The Morgan fingerprint density at radius 1 is 1.10 bits per heavy atom. The molecule has 0 saturated heterocycles. The second-order valence-electron chi connectivity index (χ2n) is 9.04. The summed E-state index contributed by atoms with van der Waals surface area (Å²) in [6.45, 7) is 4.17. The topological polar surface area (TPSA) is 79.1 Å². The largest absolute Gasteiger partial charge is 0.496 e. The molecule has 1 aliphatic rings. The van der Waals surface area contributed by atoms with Crippen molar-refractivity contribution in [2.24, 2.45) is 4.99 Å². The van der Waals surface area contributed by atoms with Gasteiger partial charge < -0.3 is 14.2 Å². The highest BCUT2D eigenvalue weighted by Gasteiger charge is 2.33. The van der Waals surface area contributed by atoms with Gasteiger partial charge in [0, 0.05) is 0 Å². The maximum Gasteiger partial charge on any atom is 0.338 e. The molecule has 0 fully saturated rings. The number of carbonyl (C=O) groups is 1. The summed E-state index contributed by atoms with van der Waals surface area (Å²) < 4.78 is 19.5. The van der Waals surface area contributed by atoms with E-state index in [-0.39, 0.29) is 12.2 Å². The fourth-order valence-corrected chi connectivity index (χ4v) is 6.15. The molecule has 40 heavy (non-hydrogen) atoms. The zero-order valence-corrected chi connectivity index (χ0v) is 24.6. The molecule has 9 heteroatoms. The van der Waals surface area contributed by atoms with Crippen LogP contribution in [0.3, 0.4) is 0 Å². The number of fused-ring (bicyclic) bond motifs is 1. The Bertz CT molecular complexity index is 1780. The molecule has 0 spiro atoms. The van der Waals surface area contributed by atoms with Crippen LogP contribution >= 0.6 is 27.3 Å². The molecule has 1 aromatic heterocycles. The highest BCUT2D eigenvalue weighted by molar-refractivity contribution is 9.10. The number of rotatable bonds is 8. The van der Waals surface area contributed by atoms with Gasteiger partial charge in [0.05, 0.1) is 40.0 Å². The second-order valence-corrected chi connectivity index (χ2v) is 10.9. The summed E-state index contributed by atoms with van der Waals surface area (Å²) >= 11 is 4.81. The lowest BCUT2D eigenvalue weighted by Gasteiger charge is -2.25. The summed E-state index contributed by atoms with van der Waals surface area (Å²) in [7, 11) is 1.58. The van der Waals surface area contributed by atoms with Crippen LogP contribution in [0.2, 0.25) is 0 Å². The normalized spacial score (nSPS) is 14.9. The predicted molar refractivity (Wildman–Crippen MR) is 158 cm³/mol. The molecule has 0 amide bonds. The van der Waals surface area contributed by atoms with Crippen LogP contribution in [0.4, 0.5) is 0 Å². The lowest BCUT2D eigenvalue weighted by molar-refractivity contribution is -0.139. The number of halogens is 1. The smallest absolute Gasteiger partial charge is 0.338 e. The summed E-state index contributed by atoms with van der Waals surface area (Å²) in [6, 6.07) is 22.3. The van der Waals surface area contributed by atoms with E-state index in [0.717, 1.165) is 16.7 Å². The van der Waals surface area contributed by atoms with Crippen LogP contribution in [0, 0.1) is 0 Å². The number of esters is 1. The first-order valence-electron chi connectivity index (χ1n) is 12.7. The zero-order chi connectivity index (χ0) is 28.2. The van der Waals surface area contributed by atoms with Gasteiger partial charge in [0.15, 0.2) is 4.80 Å². The number of ether oxygens (including phenoxy) is 3. The molecule has 0 N–H and O–H groups in total. The van der Waals surface area contributed by atoms with E-state index in [1.54, 1.807) is 31.6 Å². The van der Waals surface area contributed by atoms with Gasteiger partial charge >= 0.3 is 5.97 Å². The Morgan fingerprint density at radius 3 is 2.62 bits per heavy atom. The Labute approximate surface area is 243 Å². The van der Waals surface area contributed by atoms with E-state index in [0.29, 0.717) is 43.2 Å². The summed E-state index contributed by atoms with van der Waals surface area (Å²) in [4.78, 5) is 32.1. The van der Waals surface area contributed by atoms with Gasteiger partial charge in [-0.25, -0.2) is 9.79 Å². The minimum Gasteiger partial charge on any atom is -0.496 e. The fourth-order valence-electron chi connectivity index (χ4n) is 4.55. The van der Waals surface area contributed by atoms with E-state index >= 15 is 0 Å². The van der Waals surface area contributed by atoms with E-state index in [2.05, 4.69) is 20.9 Å². The molecular weight excluding hydrogens is 592 g/mol. The average Bonchev–Trinajstić information content (AvgIpc) is 3.25. The molecule has 1 atom stereocenters. The fraction of sp³-hybridized carbons (Fsp3) is 0.194. The van der Waals surface area contributed by atoms with Crippen LogP contribution < -0.4 is 24.4 Å². The van der Waals surface area contributed by atoms with Crippen molar-refractivity contribution in [1.82, 2.24) is 4.57 Å². The Kier molecular flexibility index (Phi) is 8.32. The molecule has 1 aliphatic heterocycles. The average molecular weight is 620 g/mol. The minimum absolute atomic E-state index is 0.210. The molecule has 4 aromatic rings. The number of thiazole rings is 1. The van der Waals surface area contributed by atoms with Crippen LogP contribution in [0.5, 0.6) is 11.5 Å². The van der Waals surface area contributed by atoms with Crippen LogP contribution in [-0.4, -0.2) is 24.3 Å². The molecule has 0 bridgehead atoms. The maximum absolute atomic E-state index is 13.9. The SMILES string of the molecule is CCOC(=O)C1=C(C)N=c2s/c(=C/c3cccc(OCc4ccccc4)c3)c(=O)n2[C@H]1c1ccc(OC)c(Br)c1. The van der Waals surface area contributed by atoms with Crippen molar-refractivity contribution in [2.75, 3.05) is 13.7 Å². The van der Waals surface area contributed by atoms with Crippen molar-refractivity contribution in [3.8, 4) is 11.5 Å². The van der Waals surface area contributed by atoms with E-state index in [1.807, 2.05) is 72.8 Å². The van der Waals surface area contributed by atoms with Crippen LogP contribution in [0.25, 0.3) is 6.08 Å². The van der Waals surface area contributed by atoms with Crippen molar-refractivity contribution < 1.29 is 19.0 Å². The van der Waals surface area contributed by atoms with Crippen molar-refractivity contribution in [3.05, 3.63) is 125 Å². The Hall–Kier alpha value is -3.95. The van der Waals surface area contributed by atoms with E-state index in [4.69, 9.17) is 14.2 Å². The first-order valence-corrected chi connectivity index (χ1v) is 14.3. The van der Waals surface area contributed by atoms with E-state index < -0.39 is 12.0 Å².